The Morgan fingerprint density at radius 2 is 2.15 bits per heavy atom. The average molecular weight is 387 g/mol. The lowest BCUT2D eigenvalue weighted by Gasteiger charge is -2.26. The minimum Gasteiger partial charge on any atom is -0.486 e. The number of ether oxygens (including phenoxy) is 2. The molecule has 9 nitrogen and oxygen atoms in total. The van der Waals surface area contributed by atoms with Crippen LogP contribution in [-0.4, -0.2) is 51.1 Å². The van der Waals surface area contributed by atoms with Crippen LogP contribution in [0.4, 0.5) is 0 Å². The molecule has 0 saturated carbocycles. The summed E-state index contributed by atoms with van der Waals surface area (Å²) in [6.45, 7) is 1.17. The van der Waals surface area contributed by atoms with Gasteiger partial charge in [0.1, 0.15) is 25.0 Å². The van der Waals surface area contributed by atoms with E-state index in [1.54, 1.807) is 17.0 Å². The number of tetrazole rings is 1. The molecule has 10 heteroatoms. The van der Waals surface area contributed by atoms with Gasteiger partial charge < -0.3 is 19.2 Å². The van der Waals surface area contributed by atoms with Crippen LogP contribution in [0.25, 0.3) is 0 Å². The maximum Gasteiger partial charge on any atom is 0.230 e. The molecule has 1 aliphatic heterocycles. The summed E-state index contributed by atoms with van der Waals surface area (Å²) in [4.78, 5) is 12.1. The van der Waals surface area contributed by atoms with E-state index in [0.29, 0.717) is 30.6 Å². The molecule has 0 radical (unpaired) electrons. The highest BCUT2D eigenvalue weighted by atomic mass is 32.2. The van der Waals surface area contributed by atoms with Crippen molar-refractivity contribution in [3.05, 3.63) is 48.4 Å². The quantitative estimate of drug-likeness (QED) is 0.606. The Morgan fingerprint density at radius 1 is 1.26 bits per heavy atom. The minimum absolute atomic E-state index is 0.130. The summed E-state index contributed by atoms with van der Waals surface area (Å²) in [5, 5.41) is 14.9. The van der Waals surface area contributed by atoms with Gasteiger partial charge in [-0.05, 0) is 34.7 Å². The smallest absolute Gasteiger partial charge is 0.230 e. The molecule has 1 unspecified atom stereocenters. The summed E-state index contributed by atoms with van der Waals surface area (Å²) in [5.41, 5.74) is 0. The van der Waals surface area contributed by atoms with Crippen molar-refractivity contribution < 1.29 is 18.7 Å². The van der Waals surface area contributed by atoms with Gasteiger partial charge >= 0.3 is 0 Å². The fourth-order valence-electron chi connectivity index (χ4n) is 2.52. The topological polar surface area (TPSA) is 104 Å². The summed E-state index contributed by atoms with van der Waals surface area (Å²) < 4.78 is 18.3. The number of furan rings is 1. The summed E-state index contributed by atoms with van der Waals surface area (Å²) in [6, 6.07) is 11.1. The summed E-state index contributed by atoms with van der Waals surface area (Å²) in [5.74, 6) is 2.22. The molecule has 0 saturated heterocycles. The van der Waals surface area contributed by atoms with Gasteiger partial charge in [0.25, 0.3) is 0 Å². The number of hydrogen-bond acceptors (Lipinski definition) is 8. The van der Waals surface area contributed by atoms with Gasteiger partial charge in [0.05, 0.1) is 18.6 Å². The van der Waals surface area contributed by atoms with Gasteiger partial charge in [-0.15, -0.1) is 5.10 Å². The molecular formula is C17H17N5O4S. The highest BCUT2D eigenvalue weighted by Gasteiger charge is 2.21. The normalized spacial score (nSPS) is 15.5. The van der Waals surface area contributed by atoms with Gasteiger partial charge in [-0.3, -0.25) is 4.79 Å². The number of nitrogens with one attached hydrogen (secondary N) is 1. The molecule has 0 aliphatic carbocycles. The first-order valence-electron chi connectivity index (χ1n) is 8.34. The predicted molar refractivity (Wildman–Crippen MR) is 95.7 cm³/mol. The molecule has 2 aromatic heterocycles. The molecule has 0 bridgehead atoms. The van der Waals surface area contributed by atoms with E-state index in [1.165, 1.54) is 11.8 Å². The summed E-state index contributed by atoms with van der Waals surface area (Å²) >= 11 is 1.26. The van der Waals surface area contributed by atoms with Gasteiger partial charge in [0.2, 0.25) is 11.1 Å². The first-order chi connectivity index (χ1) is 13.3. The zero-order chi connectivity index (χ0) is 18.5. The van der Waals surface area contributed by atoms with Gasteiger partial charge in [-0.1, -0.05) is 23.9 Å². The number of carbonyl (C=O) groups excluding carboxylic acids is 1. The Hall–Kier alpha value is -3.01. The minimum atomic E-state index is -0.224. The molecule has 1 aromatic carbocycles. The molecular weight excluding hydrogens is 370 g/mol. The van der Waals surface area contributed by atoms with Crippen molar-refractivity contribution in [2.45, 2.75) is 17.8 Å². The monoisotopic (exact) mass is 387 g/mol. The van der Waals surface area contributed by atoms with Crippen LogP contribution in [0.5, 0.6) is 11.5 Å². The lowest BCUT2D eigenvalue weighted by Crippen LogP contribution is -2.41. The summed E-state index contributed by atoms with van der Waals surface area (Å²) in [6.07, 6.45) is 1.37. The third-order valence-electron chi connectivity index (χ3n) is 3.81. The Bertz CT molecular complexity index is 898. The van der Waals surface area contributed by atoms with E-state index in [0.717, 1.165) is 11.5 Å². The lowest BCUT2D eigenvalue weighted by atomic mass is 10.2. The number of hydrogen-bond donors (Lipinski definition) is 1. The van der Waals surface area contributed by atoms with Gasteiger partial charge in [-0.2, -0.15) is 0 Å². The second-order valence-corrected chi connectivity index (χ2v) is 6.73. The van der Waals surface area contributed by atoms with E-state index >= 15 is 0 Å². The Balaban J connectivity index is 1.23. The molecule has 27 heavy (non-hydrogen) atoms. The van der Waals surface area contributed by atoms with E-state index in [-0.39, 0.29) is 17.8 Å². The highest BCUT2D eigenvalue weighted by Crippen LogP contribution is 2.30. The van der Waals surface area contributed by atoms with E-state index in [1.807, 2.05) is 30.3 Å². The Labute approximate surface area is 159 Å². The predicted octanol–water partition coefficient (Wildman–Crippen LogP) is 1.36. The number of nitrogens with zero attached hydrogens (tertiary/aromatic N) is 4. The van der Waals surface area contributed by atoms with E-state index in [2.05, 4.69) is 20.8 Å². The maximum atomic E-state index is 12.1. The zero-order valence-electron chi connectivity index (χ0n) is 14.3. The average Bonchev–Trinajstić information content (AvgIpc) is 3.37. The molecule has 1 aliphatic rings. The molecule has 1 N–H and O–H groups in total. The van der Waals surface area contributed by atoms with Crippen LogP contribution in [-0.2, 0) is 11.3 Å². The lowest BCUT2D eigenvalue weighted by molar-refractivity contribution is -0.119. The van der Waals surface area contributed by atoms with Crippen molar-refractivity contribution in [2.24, 2.45) is 0 Å². The van der Waals surface area contributed by atoms with Gasteiger partial charge in [-0.25, -0.2) is 4.68 Å². The fraction of sp³-hybridized carbons (Fsp3) is 0.294. The SMILES string of the molecule is O=C(CSc1nnnn1Cc1ccco1)NCC1COc2ccccc2O1. The van der Waals surface area contributed by atoms with Crippen LogP contribution in [0.15, 0.2) is 52.2 Å². The first kappa shape index (κ1) is 17.4. The number of fused-ring (bicyclic) bond motifs is 1. The third-order valence-corrected chi connectivity index (χ3v) is 4.77. The van der Waals surface area contributed by atoms with Crippen LogP contribution in [0.3, 0.4) is 0 Å². The van der Waals surface area contributed by atoms with Crippen molar-refractivity contribution in [2.75, 3.05) is 18.9 Å². The molecule has 4 rings (SSSR count). The number of carbonyl (C=O) groups is 1. The zero-order valence-corrected chi connectivity index (χ0v) is 15.1. The number of benzene rings is 1. The number of rotatable bonds is 7. The second-order valence-electron chi connectivity index (χ2n) is 5.79. The molecule has 3 aromatic rings. The molecule has 0 fully saturated rings. The Kier molecular flexibility index (Phi) is 5.24. The number of thioether (sulfide) groups is 1. The largest absolute Gasteiger partial charge is 0.486 e. The molecule has 3 heterocycles. The van der Waals surface area contributed by atoms with Crippen LogP contribution in [0.2, 0.25) is 0 Å². The number of aromatic nitrogens is 4. The van der Waals surface area contributed by atoms with E-state index in [9.17, 15) is 4.79 Å². The summed E-state index contributed by atoms with van der Waals surface area (Å²) in [7, 11) is 0. The van der Waals surface area contributed by atoms with Crippen molar-refractivity contribution in [3.8, 4) is 11.5 Å². The van der Waals surface area contributed by atoms with E-state index < -0.39 is 0 Å². The molecule has 0 spiro atoms. The van der Waals surface area contributed by atoms with Crippen LogP contribution in [0.1, 0.15) is 5.76 Å². The highest BCUT2D eigenvalue weighted by molar-refractivity contribution is 7.99. The van der Waals surface area contributed by atoms with Crippen LogP contribution >= 0.6 is 11.8 Å². The van der Waals surface area contributed by atoms with E-state index in [4.69, 9.17) is 13.9 Å². The Morgan fingerprint density at radius 3 is 3.00 bits per heavy atom. The molecule has 140 valence electrons. The van der Waals surface area contributed by atoms with Crippen LogP contribution < -0.4 is 14.8 Å². The first-order valence-corrected chi connectivity index (χ1v) is 9.33. The van der Waals surface area contributed by atoms with Crippen molar-refractivity contribution in [1.82, 2.24) is 25.5 Å². The molecule has 1 amide bonds. The number of para-hydroxylation sites is 2. The van der Waals surface area contributed by atoms with Crippen molar-refractivity contribution in [1.29, 1.82) is 0 Å². The van der Waals surface area contributed by atoms with Crippen molar-refractivity contribution in [3.63, 3.8) is 0 Å². The third kappa shape index (κ3) is 4.40. The van der Waals surface area contributed by atoms with Gasteiger partial charge in [0.15, 0.2) is 11.5 Å². The standard InChI is InChI=1S/C17H17N5O4S/c23-16(18-8-13-10-25-14-5-1-2-6-15(14)26-13)11-27-17-19-20-21-22(17)9-12-4-3-7-24-12/h1-7,13H,8-11H2,(H,18,23). The molecule has 1 atom stereocenters. The van der Waals surface area contributed by atoms with Crippen LogP contribution in [0, 0.1) is 0 Å². The van der Waals surface area contributed by atoms with Crippen molar-refractivity contribution >= 4 is 17.7 Å². The second kappa shape index (κ2) is 8.12. The van der Waals surface area contributed by atoms with Gasteiger partial charge in [0, 0.05) is 0 Å². The fourth-order valence-corrected chi connectivity index (χ4v) is 3.23. The number of amides is 1. The maximum absolute atomic E-state index is 12.1.